The molecule has 19 heavy (non-hydrogen) atoms. The molecule has 1 saturated carbocycles. The van der Waals surface area contributed by atoms with Crippen LogP contribution in [0.3, 0.4) is 0 Å². The van der Waals surface area contributed by atoms with Crippen molar-refractivity contribution in [2.75, 3.05) is 6.54 Å². The van der Waals surface area contributed by atoms with E-state index in [4.69, 9.17) is 0 Å². The molecule has 1 aliphatic rings. The van der Waals surface area contributed by atoms with Gasteiger partial charge in [-0.15, -0.1) is 0 Å². The second-order valence-corrected chi connectivity index (χ2v) is 6.85. The third-order valence-electron chi connectivity index (χ3n) is 3.26. The first kappa shape index (κ1) is 14.4. The first-order chi connectivity index (χ1) is 8.86. The molecule has 0 atom stereocenters. The minimum atomic E-state index is -3.67. The van der Waals surface area contributed by atoms with Gasteiger partial charge in [-0.1, -0.05) is 13.0 Å². The highest BCUT2D eigenvalue weighted by Gasteiger charge is 2.41. The second-order valence-electron chi connectivity index (χ2n) is 5.20. The number of sulfonamides is 1. The highest BCUT2D eigenvalue weighted by Crippen LogP contribution is 2.36. The van der Waals surface area contributed by atoms with E-state index >= 15 is 0 Å². The van der Waals surface area contributed by atoms with E-state index in [1.807, 2.05) is 13.8 Å². The molecule has 0 saturated heterocycles. The third-order valence-corrected chi connectivity index (χ3v) is 4.99. The van der Waals surface area contributed by atoms with E-state index in [0.717, 1.165) is 25.5 Å². The van der Waals surface area contributed by atoms with E-state index in [0.29, 0.717) is 12.1 Å². The highest BCUT2D eigenvalue weighted by molar-refractivity contribution is 7.89. The van der Waals surface area contributed by atoms with Gasteiger partial charge in [-0.25, -0.2) is 17.5 Å². The Morgan fingerprint density at radius 3 is 2.63 bits per heavy atom. The molecule has 0 amide bonds. The predicted octanol–water partition coefficient (Wildman–Crippen LogP) is 1.77. The first-order valence-electron chi connectivity index (χ1n) is 6.39. The number of halogens is 1. The van der Waals surface area contributed by atoms with E-state index in [1.54, 1.807) is 0 Å². The average molecular weight is 286 g/mol. The topological polar surface area (TPSA) is 58.2 Å². The third kappa shape index (κ3) is 3.52. The Kier molecular flexibility index (Phi) is 3.94. The van der Waals surface area contributed by atoms with E-state index < -0.39 is 15.8 Å². The number of rotatable bonds is 6. The van der Waals surface area contributed by atoms with Gasteiger partial charge in [0.05, 0.1) is 4.90 Å². The fourth-order valence-corrected chi connectivity index (χ4v) is 3.57. The molecule has 6 heteroatoms. The SMILES string of the molecule is CCNCc1ccc(F)cc1S(=O)(=O)NC1(C)CC1. The smallest absolute Gasteiger partial charge is 0.241 e. The number of hydrogen-bond acceptors (Lipinski definition) is 3. The summed E-state index contributed by atoms with van der Waals surface area (Å²) in [7, 11) is -3.67. The lowest BCUT2D eigenvalue weighted by atomic mass is 10.2. The van der Waals surface area contributed by atoms with Crippen molar-refractivity contribution in [2.45, 2.75) is 43.7 Å². The summed E-state index contributed by atoms with van der Waals surface area (Å²) < 4.78 is 40.6. The van der Waals surface area contributed by atoms with Crippen molar-refractivity contribution in [3.8, 4) is 0 Å². The van der Waals surface area contributed by atoms with Crippen LogP contribution in [0.25, 0.3) is 0 Å². The van der Waals surface area contributed by atoms with Crippen molar-refractivity contribution < 1.29 is 12.8 Å². The maximum Gasteiger partial charge on any atom is 0.241 e. The normalized spacial score (nSPS) is 17.4. The van der Waals surface area contributed by atoms with Gasteiger partial charge in [0.2, 0.25) is 10.0 Å². The van der Waals surface area contributed by atoms with Gasteiger partial charge in [0.15, 0.2) is 0 Å². The fourth-order valence-electron chi connectivity index (χ4n) is 1.85. The van der Waals surface area contributed by atoms with Crippen LogP contribution in [0.1, 0.15) is 32.3 Å². The molecule has 2 rings (SSSR count). The van der Waals surface area contributed by atoms with Crippen LogP contribution in [-0.2, 0) is 16.6 Å². The summed E-state index contributed by atoms with van der Waals surface area (Å²) in [5, 5.41) is 3.06. The van der Waals surface area contributed by atoms with Crippen LogP contribution in [0.4, 0.5) is 4.39 Å². The lowest BCUT2D eigenvalue weighted by Gasteiger charge is -2.15. The summed E-state index contributed by atoms with van der Waals surface area (Å²) in [5.74, 6) is -0.540. The quantitative estimate of drug-likeness (QED) is 0.838. The molecule has 1 aromatic rings. The summed E-state index contributed by atoms with van der Waals surface area (Å²) in [4.78, 5) is 0.0292. The number of hydrogen-bond donors (Lipinski definition) is 2. The summed E-state index contributed by atoms with van der Waals surface area (Å²) in [6.07, 6.45) is 1.65. The summed E-state index contributed by atoms with van der Waals surface area (Å²) in [5.41, 5.74) is 0.223. The van der Waals surface area contributed by atoms with Crippen LogP contribution in [0, 0.1) is 5.82 Å². The lowest BCUT2D eigenvalue weighted by Crippen LogP contribution is -2.35. The van der Waals surface area contributed by atoms with Gasteiger partial charge in [-0.3, -0.25) is 0 Å². The second kappa shape index (κ2) is 5.19. The van der Waals surface area contributed by atoms with Crippen LogP contribution in [0.2, 0.25) is 0 Å². The molecule has 0 unspecified atom stereocenters. The van der Waals surface area contributed by atoms with Gasteiger partial charge < -0.3 is 5.32 Å². The van der Waals surface area contributed by atoms with Crippen LogP contribution in [-0.4, -0.2) is 20.5 Å². The van der Waals surface area contributed by atoms with Crippen molar-refractivity contribution >= 4 is 10.0 Å². The zero-order chi connectivity index (χ0) is 14.1. The zero-order valence-electron chi connectivity index (χ0n) is 11.2. The summed E-state index contributed by atoms with van der Waals surface area (Å²) in [6, 6.07) is 3.88. The van der Waals surface area contributed by atoms with Gasteiger partial charge in [-0.05, 0) is 44.0 Å². The highest BCUT2D eigenvalue weighted by atomic mass is 32.2. The van der Waals surface area contributed by atoms with Gasteiger partial charge in [0, 0.05) is 12.1 Å². The molecule has 2 N–H and O–H groups in total. The molecule has 0 aromatic heterocycles. The minimum Gasteiger partial charge on any atom is -0.313 e. The molecule has 0 spiro atoms. The minimum absolute atomic E-state index is 0.0292. The van der Waals surface area contributed by atoms with E-state index in [-0.39, 0.29) is 10.4 Å². The largest absolute Gasteiger partial charge is 0.313 e. The van der Waals surface area contributed by atoms with Crippen LogP contribution >= 0.6 is 0 Å². The van der Waals surface area contributed by atoms with Gasteiger partial charge in [-0.2, -0.15) is 0 Å². The Labute approximate surface area is 113 Å². The molecular weight excluding hydrogens is 267 g/mol. The Morgan fingerprint density at radius 2 is 2.05 bits per heavy atom. The number of benzene rings is 1. The van der Waals surface area contributed by atoms with Crippen molar-refractivity contribution in [3.63, 3.8) is 0 Å². The van der Waals surface area contributed by atoms with Gasteiger partial charge in [0.25, 0.3) is 0 Å². The van der Waals surface area contributed by atoms with Crippen molar-refractivity contribution in [1.29, 1.82) is 0 Å². The molecule has 1 aliphatic carbocycles. The van der Waals surface area contributed by atoms with Crippen LogP contribution in [0.5, 0.6) is 0 Å². The maximum absolute atomic E-state index is 13.3. The molecule has 0 heterocycles. The van der Waals surface area contributed by atoms with E-state index in [2.05, 4.69) is 10.0 Å². The maximum atomic E-state index is 13.3. The monoisotopic (exact) mass is 286 g/mol. The number of nitrogens with one attached hydrogen (secondary N) is 2. The lowest BCUT2D eigenvalue weighted by molar-refractivity contribution is 0.552. The zero-order valence-corrected chi connectivity index (χ0v) is 12.0. The standard InChI is InChI=1S/C13H19FN2O2S/c1-3-15-9-10-4-5-11(14)8-12(10)19(17,18)16-13(2)6-7-13/h4-5,8,15-16H,3,6-7,9H2,1-2H3. The molecule has 0 radical (unpaired) electrons. The van der Waals surface area contributed by atoms with Gasteiger partial charge in [0.1, 0.15) is 5.82 Å². The molecule has 4 nitrogen and oxygen atoms in total. The molecule has 0 aliphatic heterocycles. The Hall–Kier alpha value is -0.980. The fraction of sp³-hybridized carbons (Fsp3) is 0.538. The summed E-state index contributed by atoms with van der Waals surface area (Å²) in [6.45, 7) is 4.92. The first-order valence-corrected chi connectivity index (χ1v) is 7.88. The Balaban J connectivity index is 2.33. The van der Waals surface area contributed by atoms with Crippen LogP contribution < -0.4 is 10.0 Å². The van der Waals surface area contributed by atoms with E-state index in [1.165, 1.54) is 12.1 Å². The van der Waals surface area contributed by atoms with Gasteiger partial charge >= 0.3 is 0 Å². The van der Waals surface area contributed by atoms with Crippen molar-refractivity contribution in [3.05, 3.63) is 29.6 Å². The molecule has 1 fully saturated rings. The average Bonchev–Trinajstić information content (AvgIpc) is 3.04. The molecular formula is C13H19FN2O2S. The predicted molar refractivity (Wildman–Crippen MR) is 71.7 cm³/mol. The molecule has 1 aromatic carbocycles. The summed E-state index contributed by atoms with van der Waals surface area (Å²) >= 11 is 0. The van der Waals surface area contributed by atoms with Crippen LogP contribution in [0.15, 0.2) is 23.1 Å². The van der Waals surface area contributed by atoms with Crippen molar-refractivity contribution in [1.82, 2.24) is 10.0 Å². The Bertz CT molecular complexity index is 568. The van der Waals surface area contributed by atoms with E-state index in [9.17, 15) is 12.8 Å². The molecule has 106 valence electrons. The Morgan fingerprint density at radius 1 is 1.37 bits per heavy atom. The molecule has 0 bridgehead atoms. The van der Waals surface area contributed by atoms with Crippen molar-refractivity contribution in [2.24, 2.45) is 0 Å².